The van der Waals surface area contributed by atoms with Gasteiger partial charge in [0.1, 0.15) is 11.9 Å². The third-order valence-corrected chi connectivity index (χ3v) is 4.97. The molecular formula is C22H23N3O3. The first-order valence-corrected chi connectivity index (χ1v) is 9.64. The average molecular weight is 377 g/mol. The van der Waals surface area contributed by atoms with E-state index in [-0.39, 0.29) is 12.0 Å². The summed E-state index contributed by atoms with van der Waals surface area (Å²) in [4.78, 5) is 15.2. The summed E-state index contributed by atoms with van der Waals surface area (Å²) in [6, 6.07) is 15.4. The lowest BCUT2D eigenvalue weighted by atomic mass is 10.0. The second-order valence-corrected chi connectivity index (χ2v) is 6.76. The van der Waals surface area contributed by atoms with Crippen LogP contribution in [-0.4, -0.2) is 46.8 Å². The predicted molar refractivity (Wildman–Crippen MR) is 107 cm³/mol. The zero-order chi connectivity index (χ0) is 19.3. The third-order valence-electron chi connectivity index (χ3n) is 4.97. The first-order chi connectivity index (χ1) is 13.8. The number of benzene rings is 2. The summed E-state index contributed by atoms with van der Waals surface area (Å²) in [7, 11) is 0. The lowest BCUT2D eigenvalue weighted by molar-refractivity contribution is 0.0584. The van der Waals surface area contributed by atoms with Gasteiger partial charge in [-0.15, -0.1) is 5.10 Å². The number of amides is 1. The Kier molecular flexibility index (Phi) is 5.37. The fourth-order valence-corrected chi connectivity index (χ4v) is 3.60. The molecule has 1 fully saturated rings. The molecule has 0 saturated carbocycles. The van der Waals surface area contributed by atoms with Crippen molar-refractivity contribution in [3.63, 3.8) is 0 Å². The summed E-state index contributed by atoms with van der Waals surface area (Å²) < 4.78 is 11.7. The molecule has 1 aliphatic rings. The molecule has 6 nitrogen and oxygen atoms in total. The minimum Gasteiger partial charge on any atom is -0.493 e. The number of nitrogens with zero attached hydrogens (tertiary/aromatic N) is 3. The van der Waals surface area contributed by atoms with Crippen molar-refractivity contribution < 1.29 is 14.3 Å². The Bertz CT molecular complexity index is 954. The van der Waals surface area contributed by atoms with E-state index in [1.165, 1.54) is 0 Å². The van der Waals surface area contributed by atoms with Crippen LogP contribution in [0.5, 0.6) is 11.6 Å². The first kappa shape index (κ1) is 18.2. The van der Waals surface area contributed by atoms with Crippen molar-refractivity contribution in [2.45, 2.75) is 25.9 Å². The molecule has 2 aromatic carbocycles. The molecule has 1 amide bonds. The van der Waals surface area contributed by atoms with Crippen LogP contribution in [0.1, 0.15) is 30.1 Å². The monoisotopic (exact) mass is 377 g/mol. The molecule has 1 saturated heterocycles. The number of hydrogen-bond donors (Lipinski definition) is 0. The van der Waals surface area contributed by atoms with Crippen molar-refractivity contribution in [1.29, 1.82) is 0 Å². The van der Waals surface area contributed by atoms with E-state index >= 15 is 0 Å². The Balaban J connectivity index is 1.52. The number of hydrogen-bond acceptors (Lipinski definition) is 5. The molecule has 0 spiro atoms. The van der Waals surface area contributed by atoms with Gasteiger partial charge in [-0.1, -0.05) is 30.3 Å². The van der Waals surface area contributed by atoms with Crippen LogP contribution in [0.2, 0.25) is 0 Å². The molecule has 0 N–H and O–H groups in total. The summed E-state index contributed by atoms with van der Waals surface area (Å²) in [6.07, 6.45) is 3.18. The van der Waals surface area contributed by atoms with E-state index < -0.39 is 0 Å². The first-order valence-electron chi connectivity index (χ1n) is 9.64. The van der Waals surface area contributed by atoms with Crippen molar-refractivity contribution in [3.05, 3.63) is 60.3 Å². The van der Waals surface area contributed by atoms with Crippen LogP contribution in [0, 0.1) is 0 Å². The topological polar surface area (TPSA) is 64.5 Å². The SMILES string of the molecule is CCOc1ccc2ccccc2c1C(=O)N1CCC(Oc2cccnn2)CC1. The fraction of sp³-hybridized carbons (Fsp3) is 0.318. The maximum absolute atomic E-state index is 13.4. The molecule has 1 aromatic heterocycles. The Morgan fingerprint density at radius 2 is 1.93 bits per heavy atom. The van der Waals surface area contributed by atoms with Crippen molar-refractivity contribution in [2.75, 3.05) is 19.7 Å². The number of fused-ring (bicyclic) bond motifs is 1. The largest absolute Gasteiger partial charge is 0.493 e. The maximum Gasteiger partial charge on any atom is 0.258 e. The molecule has 4 rings (SSSR count). The molecule has 1 aliphatic heterocycles. The Labute approximate surface area is 164 Å². The molecule has 144 valence electrons. The molecular weight excluding hydrogens is 354 g/mol. The van der Waals surface area contributed by atoms with Gasteiger partial charge in [-0.3, -0.25) is 4.79 Å². The summed E-state index contributed by atoms with van der Waals surface area (Å²) in [5.74, 6) is 1.18. The van der Waals surface area contributed by atoms with Crippen molar-refractivity contribution in [3.8, 4) is 11.6 Å². The second-order valence-electron chi connectivity index (χ2n) is 6.76. The molecule has 2 heterocycles. The summed E-state index contributed by atoms with van der Waals surface area (Å²) in [6.45, 7) is 3.72. The van der Waals surface area contributed by atoms with Crippen molar-refractivity contribution in [1.82, 2.24) is 15.1 Å². The predicted octanol–water partition coefficient (Wildman–Crippen LogP) is 3.71. The van der Waals surface area contributed by atoms with Gasteiger partial charge < -0.3 is 14.4 Å². The van der Waals surface area contributed by atoms with E-state index in [0.29, 0.717) is 36.9 Å². The van der Waals surface area contributed by atoms with Gasteiger partial charge in [0.05, 0.1) is 12.2 Å². The normalized spacial score (nSPS) is 14.8. The third kappa shape index (κ3) is 3.76. The number of carbonyl (C=O) groups is 1. The lowest BCUT2D eigenvalue weighted by Crippen LogP contribution is -2.42. The molecule has 6 heteroatoms. The van der Waals surface area contributed by atoms with Gasteiger partial charge in [-0.05, 0) is 29.8 Å². The van der Waals surface area contributed by atoms with Gasteiger partial charge in [-0.25, -0.2) is 0 Å². The highest BCUT2D eigenvalue weighted by Gasteiger charge is 2.28. The van der Waals surface area contributed by atoms with Gasteiger partial charge in [0.15, 0.2) is 0 Å². The lowest BCUT2D eigenvalue weighted by Gasteiger charge is -2.32. The zero-order valence-electron chi connectivity index (χ0n) is 15.9. The Morgan fingerprint density at radius 3 is 2.68 bits per heavy atom. The summed E-state index contributed by atoms with van der Waals surface area (Å²) in [5.41, 5.74) is 0.647. The van der Waals surface area contributed by atoms with Crippen LogP contribution in [0.25, 0.3) is 10.8 Å². The summed E-state index contributed by atoms with van der Waals surface area (Å²) in [5, 5.41) is 9.77. The molecule has 0 atom stereocenters. The second kappa shape index (κ2) is 8.25. The molecule has 3 aromatic rings. The Morgan fingerprint density at radius 1 is 1.11 bits per heavy atom. The fourth-order valence-electron chi connectivity index (χ4n) is 3.60. The number of carbonyl (C=O) groups excluding carboxylic acids is 1. The van der Waals surface area contributed by atoms with Crippen LogP contribution in [0.15, 0.2) is 54.7 Å². The van der Waals surface area contributed by atoms with E-state index in [1.54, 1.807) is 18.3 Å². The van der Waals surface area contributed by atoms with E-state index in [4.69, 9.17) is 9.47 Å². The minimum absolute atomic E-state index is 0.0122. The molecule has 0 aliphatic carbocycles. The zero-order valence-corrected chi connectivity index (χ0v) is 15.9. The van der Waals surface area contributed by atoms with Gasteiger partial charge in [0.25, 0.3) is 5.91 Å². The van der Waals surface area contributed by atoms with Gasteiger partial charge >= 0.3 is 0 Å². The van der Waals surface area contributed by atoms with Crippen LogP contribution in [0.3, 0.4) is 0 Å². The maximum atomic E-state index is 13.4. The number of rotatable bonds is 5. The van der Waals surface area contributed by atoms with E-state index in [1.807, 2.05) is 48.2 Å². The van der Waals surface area contributed by atoms with Crippen LogP contribution < -0.4 is 9.47 Å². The van der Waals surface area contributed by atoms with Gasteiger partial charge in [0.2, 0.25) is 5.88 Å². The highest BCUT2D eigenvalue weighted by atomic mass is 16.5. The molecule has 0 radical (unpaired) electrons. The number of likely N-dealkylation sites (tertiary alicyclic amines) is 1. The highest BCUT2D eigenvalue weighted by Crippen LogP contribution is 2.30. The van der Waals surface area contributed by atoms with Crippen LogP contribution in [0.4, 0.5) is 0 Å². The van der Waals surface area contributed by atoms with Crippen molar-refractivity contribution >= 4 is 16.7 Å². The number of piperidine rings is 1. The van der Waals surface area contributed by atoms with E-state index in [0.717, 1.165) is 23.6 Å². The van der Waals surface area contributed by atoms with Gasteiger partial charge in [-0.2, -0.15) is 5.10 Å². The van der Waals surface area contributed by atoms with Gasteiger partial charge in [0, 0.05) is 38.2 Å². The number of ether oxygens (including phenoxy) is 2. The number of aromatic nitrogens is 2. The molecule has 0 bridgehead atoms. The molecule has 0 unspecified atom stereocenters. The van der Waals surface area contributed by atoms with E-state index in [2.05, 4.69) is 10.2 Å². The standard InChI is InChI=1S/C22H23N3O3/c1-2-27-19-10-9-16-6-3-4-7-18(16)21(19)22(26)25-14-11-17(12-15-25)28-20-8-5-13-23-24-20/h3-10,13,17H,2,11-12,14-15H2,1H3. The molecule has 28 heavy (non-hydrogen) atoms. The van der Waals surface area contributed by atoms with Crippen molar-refractivity contribution in [2.24, 2.45) is 0 Å². The highest BCUT2D eigenvalue weighted by molar-refractivity contribution is 6.09. The van der Waals surface area contributed by atoms with Crippen LogP contribution in [-0.2, 0) is 0 Å². The quantitative estimate of drug-likeness (QED) is 0.678. The smallest absolute Gasteiger partial charge is 0.258 e. The van der Waals surface area contributed by atoms with E-state index in [9.17, 15) is 4.79 Å². The minimum atomic E-state index is 0.0122. The average Bonchev–Trinajstić information content (AvgIpc) is 2.75. The summed E-state index contributed by atoms with van der Waals surface area (Å²) >= 11 is 0. The van der Waals surface area contributed by atoms with Crippen LogP contribution >= 0.6 is 0 Å². The Hall–Kier alpha value is -3.15.